The van der Waals surface area contributed by atoms with Gasteiger partial charge in [0.25, 0.3) is 0 Å². The van der Waals surface area contributed by atoms with Gasteiger partial charge < -0.3 is 9.15 Å². The van der Waals surface area contributed by atoms with Crippen molar-refractivity contribution in [1.29, 1.82) is 0 Å². The number of carbonyl (C=O) groups excluding carboxylic acids is 1. The number of carbonyl (C=O) groups is 1. The molecule has 7 rings (SSSR count). The zero-order valence-electron chi connectivity index (χ0n) is 18.2. The molecule has 0 unspecified atom stereocenters. The van der Waals surface area contributed by atoms with Crippen molar-refractivity contribution in [1.82, 2.24) is 4.57 Å². The molecule has 2 heterocycles. The van der Waals surface area contributed by atoms with Crippen molar-refractivity contribution in [2.24, 2.45) is 0 Å². The quantitative estimate of drug-likeness (QED) is 0.297. The highest BCUT2D eigenvalue weighted by Crippen LogP contribution is 2.47. The number of ketones is 1. The average molecular weight is 429 g/mol. The predicted molar refractivity (Wildman–Crippen MR) is 130 cm³/mol. The highest BCUT2D eigenvalue weighted by molar-refractivity contribution is 6.25. The van der Waals surface area contributed by atoms with Crippen LogP contribution in [0.15, 0.2) is 83.3 Å². The topological polar surface area (TPSA) is 44.4 Å². The van der Waals surface area contributed by atoms with Crippen molar-refractivity contribution in [2.45, 2.75) is 6.92 Å². The monoisotopic (exact) mass is 429 g/mol. The Balaban J connectivity index is 1.51. The molecule has 2 aromatic heterocycles. The van der Waals surface area contributed by atoms with Crippen LogP contribution in [0, 0.1) is 6.92 Å². The van der Waals surface area contributed by atoms with Crippen molar-refractivity contribution in [2.75, 3.05) is 7.11 Å². The minimum atomic E-state index is 0.0227. The summed E-state index contributed by atoms with van der Waals surface area (Å²) in [5.41, 5.74) is 7.47. The van der Waals surface area contributed by atoms with Crippen LogP contribution in [0.25, 0.3) is 50.1 Å². The van der Waals surface area contributed by atoms with Gasteiger partial charge in [0.1, 0.15) is 11.5 Å². The van der Waals surface area contributed by atoms with E-state index in [9.17, 15) is 4.79 Å². The second-order valence-corrected chi connectivity index (χ2v) is 8.61. The minimum Gasteiger partial charge on any atom is -0.497 e. The van der Waals surface area contributed by atoms with Gasteiger partial charge in [0, 0.05) is 28.0 Å². The van der Waals surface area contributed by atoms with E-state index in [0.29, 0.717) is 17.2 Å². The summed E-state index contributed by atoms with van der Waals surface area (Å²) in [6.45, 7) is 2.09. The lowest BCUT2D eigenvalue weighted by molar-refractivity contribution is 0.104. The van der Waals surface area contributed by atoms with Crippen molar-refractivity contribution in [3.63, 3.8) is 0 Å². The van der Waals surface area contributed by atoms with E-state index in [0.717, 1.165) is 49.8 Å². The van der Waals surface area contributed by atoms with Crippen LogP contribution >= 0.6 is 0 Å². The zero-order chi connectivity index (χ0) is 22.3. The maximum Gasteiger partial charge on any atom is 0.205 e. The molecule has 3 aliphatic rings. The van der Waals surface area contributed by atoms with Crippen LogP contribution in [0.2, 0.25) is 0 Å². The lowest BCUT2D eigenvalue weighted by Crippen LogP contribution is -1.96. The molecule has 0 aliphatic heterocycles. The smallest absolute Gasteiger partial charge is 0.205 e. The molecule has 0 amide bonds. The number of fused-ring (bicyclic) bond motifs is 8. The number of nitrogens with zero attached hydrogens (tertiary/aromatic N) is 1. The van der Waals surface area contributed by atoms with E-state index < -0.39 is 0 Å². The molecule has 158 valence electrons. The van der Waals surface area contributed by atoms with E-state index in [1.807, 2.05) is 48.5 Å². The van der Waals surface area contributed by atoms with Crippen LogP contribution in [-0.2, 0) is 0 Å². The molecule has 2 aromatic carbocycles. The van der Waals surface area contributed by atoms with Crippen molar-refractivity contribution in [3.05, 3.63) is 95.6 Å². The van der Waals surface area contributed by atoms with Crippen LogP contribution < -0.4 is 4.74 Å². The molecule has 0 spiro atoms. The lowest BCUT2D eigenvalue weighted by Gasteiger charge is -2.05. The van der Waals surface area contributed by atoms with E-state index in [-0.39, 0.29) is 5.78 Å². The summed E-state index contributed by atoms with van der Waals surface area (Å²) in [5.74, 6) is 2.12. The Morgan fingerprint density at radius 2 is 1.58 bits per heavy atom. The maximum atomic E-state index is 13.4. The molecule has 0 N–H and O–H groups in total. The summed E-state index contributed by atoms with van der Waals surface area (Å²) >= 11 is 0. The first-order valence-corrected chi connectivity index (χ1v) is 10.9. The molecule has 4 nitrogen and oxygen atoms in total. The van der Waals surface area contributed by atoms with Crippen LogP contribution in [0.3, 0.4) is 0 Å². The third-order valence-corrected chi connectivity index (χ3v) is 6.69. The fourth-order valence-electron chi connectivity index (χ4n) is 5.18. The molecule has 33 heavy (non-hydrogen) atoms. The number of furan rings is 1. The number of methoxy groups -OCH3 is 1. The SMILES string of the molecule is COc1ccc2c(c1)c1cc(C)ccc1n2-c1cc2c(o1)-c1cc3cccccc-3c1C2=O. The number of aromatic nitrogens is 1. The summed E-state index contributed by atoms with van der Waals surface area (Å²) in [5, 5.41) is 2.21. The van der Waals surface area contributed by atoms with Crippen molar-refractivity contribution in [3.8, 4) is 34.1 Å². The number of ether oxygens (including phenoxy) is 1. The van der Waals surface area contributed by atoms with Crippen molar-refractivity contribution >= 4 is 27.6 Å². The van der Waals surface area contributed by atoms with Crippen LogP contribution in [0.4, 0.5) is 0 Å². The van der Waals surface area contributed by atoms with Gasteiger partial charge in [0.2, 0.25) is 5.88 Å². The molecular weight excluding hydrogens is 410 g/mol. The molecule has 4 aromatic rings. The summed E-state index contributed by atoms with van der Waals surface area (Å²) in [7, 11) is 1.68. The molecule has 4 heteroatoms. The average Bonchev–Trinajstić information content (AvgIpc) is 3.50. The number of rotatable bonds is 2. The van der Waals surface area contributed by atoms with Crippen molar-refractivity contribution < 1.29 is 13.9 Å². The second-order valence-electron chi connectivity index (χ2n) is 8.61. The molecular formula is C29H19NO3. The summed E-state index contributed by atoms with van der Waals surface area (Å²) in [6.07, 6.45) is 0. The standard InChI is InChI=1S/C29H19NO3/c1-16-8-10-24-20(12-16)21-14-18(32-2)9-11-25(21)30(24)26-15-23-28(31)27-19-7-5-3-4-6-17(19)13-22(27)29(23)33-26/h3-15H,1-2H3. The van der Waals surface area contributed by atoms with Gasteiger partial charge in [0.05, 0.1) is 23.7 Å². The molecule has 0 radical (unpaired) electrons. The van der Waals surface area contributed by atoms with E-state index in [1.54, 1.807) is 7.11 Å². The summed E-state index contributed by atoms with van der Waals surface area (Å²) in [4.78, 5) is 13.4. The largest absolute Gasteiger partial charge is 0.497 e. The summed E-state index contributed by atoms with van der Waals surface area (Å²) in [6, 6.07) is 26.3. The number of hydrogen-bond donors (Lipinski definition) is 0. The highest BCUT2D eigenvalue weighted by atomic mass is 16.5. The molecule has 0 fully saturated rings. The van der Waals surface area contributed by atoms with E-state index in [1.165, 1.54) is 5.56 Å². The van der Waals surface area contributed by atoms with Gasteiger partial charge in [-0.1, -0.05) is 42.0 Å². The highest BCUT2D eigenvalue weighted by Gasteiger charge is 2.36. The van der Waals surface area contributed by atoms with Crippen LogP contribution in [0.5, 0.6) is 5.75 Å². The first kappa shape index (κ1) is 18.3. The van der Waals surface area contributed by atoms with Crippen LogP contribution in [0.1, 0.15) is 21.5 Å². The van der Waals surface area contributed by atoms with Crippen LogP contribution in [-0.4, -0.2) is 17.5 Å². The molecule has 0 saturated heterocycles. The van der Waals surface area contributed by atoms with Gasteiger partial charge in [-0.3, -0.25) is 9.36 Å². The third-order valence-electron chi connectivity index (χ3n) is 6.69. The first-order chi connectivity index (χ1) is 16.1. The van der Waals surface area contributed by atoms with Gasteiger partial charge in [0.15, 0.2) is 5.78 Å². The molecule has 0 bridgehead atoms. The van der Waals surface area contributed by atoms with E-state index in [4.69, 9.17) is 9.15 Å². The van der Waals surface area contributed by atoms with Gasteiger partial charge >= 0.3 is 0 Å². The molecule has 3 aliphatic carbocycles. The zero-order valence-corrected chi connectivity index (χ0v) is 18.2. The Hall–Kier alpha value is -4.31. The van der Waals surface area contributed by atoms with E-state index in [2.05, 4.69) is 41.8 Å². The second kappa shape index (κ2) is 6.36. The third kappa shape index (κ3) is 2.38. The predicted octanol–water partition coefficient (Wildman–Crippen LogP) is 7.01. The fourth-order valence-corrected chi connectivity index (χ4v) is 5.18. The number of aryl methyl sites for hydroxylation is 1. The number of hydrogen-bond acceptors (Lipinski definition) is 3. The first-order valence-electron chi connectivity index (χ1n) is 10.9. The Labute approximate surface area is 190 Å². The molecule has 0 atom stereocenters. The van der Waals surface area contributed by atoms with Gasteiger partial charge in [-0.15, -0.1) is 0 Å². The van der Waals surface area contributed by atoms with Gasteiger partial charge in [-0.05, 0) is 54.4 Å². The van der Waals surface area contributed by atoms with E-state index >= 15 is 0 Å². The molecule has 0 saturated carbocycles. The Morgan fingerprint density at radius 3 is 2.42 bits per heavy atom. The minimum absolute atomic E-state index is 0.0227. The maximum absolute atomic E-state index is 13.4. The fraction of sp³-hybridized carbons (Fsp3) is 0.0690. The Bertz CT molecular complexity index is 1730. The number of benzene rings is 2. The van der Waals surface area contributed by atoms with Gasteiger partial charge in [-0.2, -0.15) is 0 Å². The lowest BCUT2D eigenvalue weighted by atomic mass is 10.1. The van der Waals surface area contributed by atoms with Gasteiger partial charge in [-0.25, -0.2) is 0 Å². The Morgan fingerprint density at radius 1 is 0.788 bits per heavy atom. The normalized spacial score (nSPS) is 12.6. The summed E-state index contributed by atoms with van der Waals surface area (Å²) < 4.78 is 14.0. The Kier molecular flexibility index (Phi) is 3.52.